The zero-order valence-corrected chi connectivity index (χ0v) is 27.2. The van der Waals surface area contributed by atoms with Crippen LogP contribution in [0.25, 0.3) is 10.9 Å². The quantitative estimate of drug-likeness (QED) is 0.283. The van der Waals surface area contributed by atoms with Crippen LogP contribution in [0, 0.1) is 6.92 Å². The molecule has 0 radical (unpaired) electrons. The van der Waals surface area contributed by atoms with Gasteiger partial charge in [0.15, 0.2) is 11.7 Å². The highest BCUT2D eigenvalue weighted by Gasteiger charge is 2.31. The fraction of sp³-hybridized carbons (Fsp3) is 0.343. The van der Waals surface area contributed by atoms with E-state index in [1.165, 1.54) is 0 Å². The van der Waals surface area contributed by atoms with Gasteiger partial charge in [-0.2, -0.15) is 5.10 Å². The van der Waals surface area contributed by atoms with Gasteiger partial charge in [0.05, 0.1) is 30.6 Å². The minimum atomic E-state index is -0.542. The third-order valence-electron chi connectivity index (χ3n) is 8.14. The van der Waals surface area contributed by atoms with E-state index in [0.717, 1.165) is 50.6 Å². The molecule has 4 aromatic rings. The summed E-state index contributed by atoms with van der Waals surface area (Å²) in [5.41, 5.74) is 8.77. The van der Waals surface area contributed by atoms with Gasteiger partial charge in [0.1, 0.15) is 11.4 Å². The second kappa shape index (κ2) is 12.8. The molecular formula is C35H42N8O3. The van der Waals surface area contributed by atoms with Crippen LogP contribution in [-0.2, 0) is 17.7 Å². The van der Waals surface area contributed by atoms with Crippen molar-refractivity contribution < 1.29 is 14.3 Å². The number of benzene rings is 3. The van der Waals surface area contributed by atoms with Crippen molar-refractivity contribution in [1.82, 2.24) is 30.1 Å². The minimum absolute atomic E-state index is 0.295. The maximum atomic E-state index is 12.8. The van der Waals surface area contributed by atoms with Crippen LogP contribution in [0.1, 0.15) is 43.2 Å². The van der Waals surface area contributed by atoms with Crippen molar-refractivity contribution in [3.63, 3.8) is 0 Å². The molecular weight excluding hydrogens is 580 g/mol. The standard InChI is InChI=1S/C35H42N8O3/c1-24-29-22-27(13-16-30(29)42(38-24)23-26-11-14-28(45-5)15-12-26)32-37-33(31(43(36)39-32)21-25-9-7-6-8-10-25)40-17-19-41(20-18-40)34(44)46-35(2,3)4/h6-16,22H,17-21,23,36H2,1-5H3,(H,37,39). The Balaban J connectivity index is 1.30. The Morgan fingerprint density at radius 2 is 1.67 bits per heavy atom. The fourth-order valence-corrected chi connectivity index (χ4v) is 5.76. The first-order chi connectivity index (χ1) is 22.1. The minimum Gasteiger partial charge on any atom is -0.497 e. The Morgan fingerprint density at radius 3 is 2.35 bits per heavy atom. The molecule has 0 saturated carbocycles. The number of amides is 1. The van der Waals surface area contributed by atoms with E-state index < -0.39 is 5.60 Å². The van der Waals surface area contributed by atoms with Gasteiger partial charge in [0.2, 0.25) is 0 Å². The number of nitrogens with one attached hydrogen (secondary N) is 1. The Bertz CT molecular complexity index is 1770. The largest absolute Gasteiger partial charge is 0.497 e. The van der Waals surface area contributed by atoms with Crippen molar-refractivity contribution >= 4 is 22.8 Å². The topological polar surface area (TPSA) is 113 Å². The van der Waals surface area contributed by atoms with Crippen LogP contribution in [0.4, 0.5) is 4.79 Å². The highest BCUT2D eigenvalue weighted by Crippen LogP contribution is 2.27. The lowest BCUT2D eigenvalue weighted by molar-refractivity contribution is 0.0164. The van der Waals surface area contributed by atoms with Gasteiger partial charge in [-0.05, 0) is 69.2 Å². The smallest absolute Gasteiger partial charge is 0.410 e. The Labute approximate surface area is 269 Å². The number of methoxy groups -OCH3 is 1. The fourth-order valence-electron chi connectivity index (χ4n) is 5.76. The van der Waals surface area contributed by atoms with E-state index in [2.05, 4.69) is 46.7 Å². The summed E-state index contributed by atoms with van der Waals surface area (Å²) in [5.74, 6) is 8.96. The first-order valence-corrected chi connectivity index (χ1v) is 15.6. The number of amidine groups is 1. The summed E-state index contributed by atoms with van der Waals surface area (Å²) < 4.78 is 12.9. The second-order valence-electron chi connectivity index (χ2n) is 12.7. The summed E-state index contributed by atoms with van der Waals surface area (Å²) in [6.45, 7) is 10.6. The second-order valence-corrected chi connectivity index (χ2v) is 12.7. The molecule has 1 fully saturated rings. The van der Waals surface area contributed by atoms with Crippen molar-refractivity contribution in [2.24, 2.45) is 10.8 Å². The van der Waals surface area contributed by atoms with Crippen LogP contribution < -0.4 is 16.0 Å². The van der Waals surface area contributed by atoms with E-state index in [9.17, 15) is 4.79 Å². The Kier molecular flexibility index (Phi) is 8.59. The van der Waals surface area contributed by atoms with Crippen molar-refractivity contribution in [2.45, 2.75) is 46.3 Å². The van der Waals surface area contributed by atoms with E-state index in [1.807, 2.05) is 68.8 Å². The molecule has 2 aliphatic heterocycles. The monoisotopic (exact) mass is 622 g/mol. The third kappa shape index (κ3) is 6.79. The van der Waals surface area contributed by atoms with Crippen molar-refractivity contribution in [3.05, 3.63) is 107 Å². The van der Waals surface area contributed by atoms with Gasteiger partial charge >= 0.3 is 6.09 Å². The lowest BCUT2D eigenvalue weighted by Gasteiger charge is -2.40. The summed E-state index contributed by atoms with van der Waals surface area (Å²) in [6, 6.07) is 24.5. The predicted octanol–water partition coefficient (Wildman–Crippen LogP) is 4.81. The Morgan fingerprint density at radius 1 is 0.957 bits per heavy atom. The van der Waals surface area contributed by atoms with Gasteiger partial charge in [-0.25, -0.2) is 20.7 Å². The predicted molar refractivity (Wildman–Crippen MR) is 179 cm³/mol. The number of aryl methyl sites for hydroxylation is 1. The number of fused-ring (bicyclic) bond motifs is 1. The molecule has 3 aromatic carbocycles. The van der Waals surface area contributed by atoms with Crippen LogP contribution in [-0.4, -0.2) is 75.5 Å². The molecule has 0 atom stereocenters. The van der Waals surface area contributed by atoms with Gasteiger partial charge in [-0.3, -0.25) is 10.1 Å². The van der Waals surface area contributed by atoms with Gasteiger partial charge in [0, 0.05) is 43.5 Å². The molecule has 3 N–H and O–H groups in total. The molecule has 11 nitrogen and oxygen atoms in total. The number of ether oxygens (including phenoxy) is 2. The first-order valence-electron chi connectivity index (χ1n) is 15.6. The number of piperazine rings is 1. The van der Waals surface area contributed by atoms with Crippen LogP contribution in [0.2, 0.25) is 0 Å². The molecule has 1 amide bonds. The van der Waals surface area contributed by atoms with Crippen molar-refractivity contribution in [1.29, 1.82) is 0 Å². The number of allylic oxidation sites excluding steroid dienone is 1. The van der Waals surface area contributed by atoms with Crippen LogP contribution in [0.5, 0.6) is 5.75 Å². The zero-order chi connectivity index (χ0) is 32.4. The summed E-state index contributed by atoms with van der Waals surface area (Å²) >= 11 is 0. The van der Waals surface area contributed by atoms with Gasteiger partial charge in [-0.15, -0.1) is 0 Å². The average molecular weight is 623 g/mol. The van der Waals surface area contributed by atoms with Crippen molar-refractivity contribution in [2.75, 3.05) is 33.3 Å². The van der Waals surface area contributed by atoms with E-state index in [-0.39, 0.29) is 6.09 Å². The van der Waals surface area contributed by atoms with Gasteiger partial charge in [-0.1, -0.05) is 42.5 Å². The Hall–Kier alpha value is -5.03. The summed E-state index contributed by atoms with van der Waals surface area (Å²) in [5, 5.41) is 7.47. The van der Waals surface area contributed by atoms with Crippen LogP contribution >= 0.6 is 0 Å². The van der Waals surface area contributed by atoms with E-state index in [0.29, 0.717) is 45.0 Å². The molecule has 6 rings (SSSR count). The maximum Gasteiger partial charge on any atom is 0.410 e. The number of rotatable bonds is 7. The van der Waals surface area contributed by atoms with Gasteiger partial charge in [0.25, 0.3) is 0 Å². The van der Waals surface area contributed by atoms with Crippen LogP contribution in [0.15, 0.2) is 89.3 Å². The highest BCUT2D eigenvalue weighted by molar-refractivity contribution is 6.02. The lowest BCUT2D eigenvalue weighted by atomic mass is 10.1. The van der Waals surface area contributed by atoms with Crippen molar-refractivity contribution in [3.8, 4) is 5.75 Å². The number of aliphatic imine (C=N–C) groups is 1. The van der Waals surface area contributed by atoms with E-state index in [4.69, 9.17) is 25.4 Å². The first kappa shape index (κ1) is 31.0. The molecule has 0 bridgehead atoms. The highest BCUT2D eigenvalue weighted by atomic mass is 16.6. The van der Waals surface area contributed by atoms with Gasteiger partial charge < -0.3 is 19.3 Å². The van der Waals surface area contributed by atoms with E-state index >= 15 is 0 Å². The molecule has 1 aromatic heterocycles. The summed E-state index contributed by atoms with van der Waals surface area (Å²) in [6.07, 6.45) is 0.302. The number of nitrogens with zero attached hydrogens (tertiary/aromatic N) is 6. The number of aromatic nitrogens is 2. The molecule has 0 aliphatic carbocycles. The molecule has 2 aliphatic rings. The molecule has 3 heterocycles. The number of hydrogen-bond acceptors (Lipinski definition) is 9. The molecule has 1 saturated heterocycles. The molecule has 11 heteroatoms. The summed E-state index contributed by atoms with van der Waals surface area (Å²) in [7, 11) is 1.67. The number of carbonyl (C=O) groups is 1. The van der Waals surface area contributed by atoms with Crippen LogP contribution in [0.3, 0.4) is 0 Å². The summed E-state index contributed by atoms with van der Waals surface area (Å²) in [4.78, 5) is 21.9. The number of hydrogen-bond donors (Lipinski definition) is 2. The molecule has 0 unspecified atom stereocenters. The number of hydrazine groups is 2. The average Bonchev–Trinajstić information content (AvgIpc) is 3.35. The third-order valence-corrected chi connectivity index (χ3v) is 8.14. The zero-order valence-electron chi connectivity index (χ0n) is 27.2. The normalized spacial score (nSPS) is 15.6. The van der Waals surface area contributed by atoms with E-state index in [1.54, 1.807) is 17.1 Å². The maximum absolute atomic E-state index is 12.8. The SMILES string of the molecule is COc1ccc(Cn2nc(C)c3cc(C4=NC(N5CCN(C(=O)OC(C)(C)C)CC5)=C(Cc5ccccc5)N(N)N4)ccc32)cc1. The number of nitrogens with two attached hydrogens (primary N) is 1. The number of carbonyl (C=O) groups excluding carboxylic acids is 1. The molecule has 240 valence electrons. The lowest BCUT2D eigenvalue weighted by Crippen LogP contribution is -2.54. The molecule has 0 spiro atoms. The molecule has 46 heavy (non-hydrogen) atoms.